The fourth-order valence-corrected chi connectivity index (χ4v) is 2.57. The number of hydrogen-bond acceptors (Lipinski definition) is 5. The molecule has 0 N–H and O–H groups in total. The van der Waals surface area contributed by atoms with E-state index in [1.54, 1.807) is 13.2 Å². The fraction of sp³-hybridized carbons (Fsp3) is 0.571. The number of non-ortho nitro benzene ring substituents is 1. The molecule has 110 valence electrons. The Morgan fingerprint density at radius 3 is 2.55 bits per heavy atom. The van der Waals surface area contributed by atoms with Crippen molar-refractivity contribution in [2.75, 3.05) is 44.7 Å². The van der Waals surface area contributed by atoms with Gasteiger partial charge in [0.15, 0.2) is 0 Å². The molecular formula is C14H21N3O3. The Morgan fingerprint density at radius 2 is 2.00 bits per heavy atom. The van der Waals surface area contributed by atoms with E-state index in [2.05, 4.69) is 16.7 Å². The van der Waals surface area contributed by atoms with Gasteiger partial charge in [-0.15, -0.1) is 0 Å². The highest BCUT2D eigenvalue weighted by molar-refractivity contribution is 5.62. The maximum absolute atomic E-state index is 10.8. The highest BCUT2D eigenvalue weighted by Crippen LogP contribution is 2.32. The Bertz CT molecular complexity index is 471. The number of methoxy groups -OCH3 is 1. The molecule has 0 atom stereocenters. The monoisotopic (exact) mass is 279 g/mol. The SMILES string of the molecule is CCCN1CCN(c2ccc([N+](=O)[O-])cc2OC)CC1. The summed E-state index contributed by atoms with van der Waals surface area (Å²) in [4.78, 5) is 15.1. The molecule has 1 aromatic rings. The van der Waals surface area contributed by atoms with Gasteiger partial charge < -0.3 is 9.64 Å². The molecule has 0 aromatic heterocycles. The van der Waals surface area contributed by atoms with Gasteiger partial charge >= 0.3 is 0 Å². The van der Waals surface area contributed by atoms with E-state index in [1.165, 1.54) is 18.6 Å². The smallest absolute Gasteiger partial charge is 0.273 e. The van der Waals surface area contributed by atoms with Crippen molar-refractivity contribution in [1.29, 1.82) is 0 Å². The summed E-state index contributed by atoms with van der Waals surface area (Å²) in [5.74, 6) is 0.572. The average molecular weight is 279 g/mol. The van der Waals surface area contributed by atoms with Crippen molar-refractivity contribution in [2.45, 2.75) is 13.3 Å². The second-order valence-corrected chi connectivity index (χ2v) is 4.94. The summed E-state index contributed by atoms with van der Waals surface area (Å²) in [5.41, 5.74) is 1.00. The number of anilines is 1. The quantitative estimate of drug-likeness (QED) is 0.610. The van der Waals surface area contributed by atoms with E-state index in [0.29, 0.717) is 5.75 Å². The molecule has 1 aliphatic heterocycles. The molecule has 0 aliphatic carbocycles. The molecule has 6 heteroatoms. The van der Waals surface area contributed by atoms with Gasteiger partial charge in [-0.05, 0) is 19.0 Å². The first kappa shape index (κ1) is 14.6. The molecule has 0 unspecified atom stereocenters. The van der Waals surface area contributed by atoms with Gasteiger partial charge in [0.1, 0.15) is 5.75 Å². The molecule has 2 rings (SSSR count). The first-order chi connectivity index (χ1) is 9.65. The molecule has 0 radical (unpaired) electrons. The van der Waals surface area contributed by atoms with Crippen molar-refractivity contribution in [3.05, 3.63) is 28.3 Å². The molecule has 0 bridgehead atoms. The number of hydrogen-bond donors (Lipinski definition) is 0. The van der Waals surface area contributed by atoms with Crippen LogP contribution in [0.2, 0.25) is 0 Å². The molecule has 0 amide bonds. The number of nitrogens with zero attached hydrogens (tertiary/aromatic N) is 3. The number of ether oxygens (including phenoxy) is 1. The summed E-state index contributed by atoms with van der Waals surface area (Å²) in [6.07, 6.45) is 1.17. The molecule has 1 aliphatic rings. The van der Waals surface area contributed by atoms with Crippen molar-refractivity contribution in [1.82, 2.24) is 4.90 Å². The van der Waals surface area contributed by atoms with Crippen molar-refractivity contribution in [3.8, 4) is 5.75 Å². The number of benzene rings is 1. The molecule has 1 heterocycles. The minimum absolute atomic E-state index is 0.0650. The second-order valence-electron chi connectivity index (χ2n) is 4.94. The van der Waals surface area contributed by atoms with E-state index in [0.717, 1.165) is 38.4 Å². The van der Waals surface area contributed by atoms with Crippen LogP contribution in [0.25, 0.3) is 0 Å². The summed E-state index contributed by atoms with van der Waals surface area (Å²) in [6.45, 7) is 7.21. The van der Waals surface area contributed by atoms with E-state index in [-0.39, 0.29) is 5.69 Å². The number of rotatable bonds is 5. The van der Waals surface area contributed by atoms with Gasteiger partial charge in [-0.1, -0.05) is 6.92 Å². The fourth-order valence-electron chi connectivity index (χ4n) is 2.57. The topological polar surface area (TPSA) is 58.9 Å². The first-order valence-electron chi connectivity index (χ1n) is 6.95. The van der Waals surface area contributed by atoms with E-state index in [4.69, 9.17) is 4.74 Å². The van der Waals surface area contributed by atoms with E-state index < -0.39 is 4.92 Å². The Kier molecular flexibility index (Phi) is 4.79. The molecule has 1 fully saturated rings. The van der Waals surface area contributed by atoms with Gasteiger partial charge in [0, 0.05) is 32.2 Å². The van der Waals surface area contributed by atoms with E-state index >= 15 is 0 Å². The van der Waals surface area contributed by atoms with Crippen LogP contribution in [0.1, 0.15) is 13.3 Å². The lowest BCUT2D eigenvalue weighted by atomic mass is 10.2. The highest BCUT2D eigenvalue weighted by atomic mass is 16.6. The van der Waals surface area contributed by atoms with Crippen molar-refractivity contribution >= 4 is 11.4 Å². The number of nitro benzene ring substituents is 1. The summed E-state index contributed by atoms with van der Waals surface area (Å²) in [7, 11) is 1.55. The summed E-state index contributed by atoms with van der Waals surface area (Å²) in [5, 5.41) is 10.8. The molecule has 0 saturated carbocycles. The van der Waals surface area contributed by atoms with Crippen LogP contribution in [-0.4, -0.2) is 49.7 Å². The molecule has 1 aromatic carbocycles. The first-order valence-corrected chi connectivity index (χ1v) is 6.95. The zero-order valence-corrected chi connectivity index (χ0v) is 12.0. The third kappa shape index (κ3) is 3.19. The second kappa shape index (κ2) is 6.56. The van der Waals surface area contributed by atoms with Crippen LogP contribution in [0.3, 0.4) is 0 Å². The van der Waals surface area contributed by atoms with Crippen LogP contribution in [0.5, 0.6) is 5.75 Å². The molecule has 6 nitrogen and oxygen atoms in total. The average Bonchev–Trinajstić information content (AvgIpc) is 2.47. The normalized spacial score (nSPS) is 16.2. The minimum Gasteiger partial charge on any atom is -0.494 e. The van der Waals surface area contributed by atoms with Gasteiger partial charge in [0.05, 0.1) is 23.8 Å². The standard InChI is InChI=1S/C14H21N3O3/c1-3-6-15-7-9-16(10-8-15)13-5-4-12(17(18)19)11-14(13)20-2/h4-5,11H,3,6-10H2,1-2H3. The van der Waals surface area contributed by atoms with Gasteiger partial charge in [0.2, 0.25) is 0 Å². The van der Waals surface area contributed by atoms with Crippen molar-refractivity contribution in [3.63, 3.8) is 0 Å². The van der Waals surface area contributed by atoms with Crippen LogP contribution in [0, 0.1) is 10.1 Å². The van der Waals surface area contributed by atoms with Gasteiger partial charge in [-0.25, -0.2) is 0 Å². The zero-order valence-electron chi connectivity index (χ0n) is 12.0. The highest BCUT2D eigenvalue weighted by Gasteiger charge is 2.20. The lowest BCUT2D eigenvalue weighted by Gasteiger charge is -2.36. The third-order valence-corrected chi connectivity index (χ3v) is 3.63. The summed E-state index contributed by atoms with van der Waals surface area (Å²) >= 11 is 0. The Morgan fingerprint density at radius 1 is 1.30 bits per heavy atom. The maximum Gasteiger partial charge on any atom is 0.273 e. The lowest BCUT2D eigenvalue weighted by Crippen LogP contribution is -2.46. The Balaban J connectivity index is 2.11. The summed E-state index contributed by atoms with van der Waals surface area (Å²) < 4.78 is 5.30. The molecule has 1 saturated heterocycles. The van der Waals surface area contributed by atoms with Crippen LogP contribution in [0.4, 0.5) is 11.4 Å². The Hall–Kier alpha value is -1.82. The summed E-state index contributed by atoms with van der Waals surface area (Å²) in [6, 6.07) is 4.82. The van der Waals surface area contributed by atoms with Crippen LogP contribution in [-0.2, 0) is 0 Å². The largest absolute Gasteiger partial charge is 0.494 e. The van der Waals surface area contributed by atoms with Crippen molar-refractivity contribution in [2.24, 2.45) is 0 Å². The van der Waals surface area contributed by atoms with Gasteiger partial charge in [-0.3, -0.25) is 15.0 Å². The third-order valence-electron chi connectivity index (χ3n) is 3.63. The van der Waals surface area contributed by atoms with E-state index in [9.17, 15) is 10.1 Å². The number of nitro groups is 1. The minimum atomic E-state index is -0.397. The van der Waals surface area contributed by atoms with Crippen molar-refractivity contribution < 1.29 is 9.66 Å². The van der Waals surface area contributed by atoms with Crippen LogP contribution >= 0.6 is 0 Å². The number of piperazine rings is 1. The van der Waals surface area contributed by atoms with E-state index in [1.807, 2.05) is 0 Å². The lowest BCUT2D eigenvalue weighted by molar-refractivity contribution is -0.384. The zero-order chi connectivity index (χ0) is 14.5. The predicted molar refractivity (Wildman–Crippen MR) is 78.6 cm³/mol. The van der Waals surface area contributed by atoms with Crippen LogP contribution < -0.4 is 9.64 Å². The Labute approximate surface area is 119 Å². The molecule has 20 heavy (non-hydrogen) atoms. The molecule has 0 spiro atoms. The van der Waals surface area contributed by atoms with Gasteiger partial charge in [0.25, 0.3) is 5.69 Å². The molecular weight excluding hydrogens is 258 g/mol. The van der Waals surface area contributed by atoms with Gasteiger partial charge in [-0.2, -0.15) is 0 Å². The van der Waals surface area contributed by atoms with Crippen LogP contribution in [0.15, 0.2) is 18.2 Å². The maximum atomic E-state index is 10.8. The predicted octanol–water partition coefficient (Wildman–Crippen LogP) is 2.14.